The number of hydrogen-bond donors (Lipinski definition) is 0. The van der Waals surface area contributed by atoms with Crippen molar-refractivity contribution in [2.75, 3.05) is 6.54 Å². The van der Waals surface area contributed by atoms with Gasteiger partial charge in [-0.3, -0.25) is 14.5 Å². The van der Waals surface area contributed by atoms with Crippen LogP contribution < -0.4 is 0 Å². The van der Waals surface area contributed by atoms with Crippen LogP contribution in [0.15, 0.2) is 23.8 Å². The Balaban J connectivity index is 2.22. The van der Waals surface area contributed by atoms with Crippen LogP contribution in [0.3, 0.4) is 0 Å². The first-order chi connectivity index (χ1) is 7.94. The van der Waals surface area contributed by atoms with Crippen LogP contribution in [0.4, 0.5) is 0 Å². The third-order valence-electron chi connectivity index (χ3n) is 3.44. The molecule has 0 aromatic carbocycles. The molecule has 17 heavy (non-hydrogen) atoms. The van der Waals surface area contributed by atoms with Crippen molar-refractivity contribution in [3.63, 3.8) is 0 Å². The molecule has 92 valence electrons. The van der Waals surface area contributed by atoms with Gasteiger partial charge in [-0.05, 0) is 19.3 Å². The summed E-state index contributed by atoms with van der Waals surface area (Å²) in [6.45, 7) is 6.59. The summed E-state index contributed by atoms with van der Waals surface area (Å²) in [4.78, 5) is 25.7. The highest BCUT2D eigenvalue weighted by molar-refractivity contribution is 6.07. The predicted octanol–water partition coefficient (Wildman–Crippen LogP) is 2.29. The zero-order chi connectivity index (χ0) is 12.6. The van der Waals surface area contributed by atoms with E-state index in [9.17, 15) is 9.59 Å². The van der Waals surface area contributed by atoms with Gasteiger partial charge in [-0.2, -0.15) is 0 Å². The monoisotopic (exact) mass is 233 g/mol. The first-order valence-corrected chi connectivity index (χ1v) is 6.15. The van der Waals surface area contributed by atoms with Gasteiger partial charge in [0.1, 0.15) is 0 Å². The average molecular weight is 233 g/mol. The van der Waals surface area contributed by atoms with Crippen molar-refractivity contribution < 1.29 is 9.59 Å². The zero-order valence-corrected chi connectivity index (χ0v) is 10.7. The molecule has 0 saturated carbocycles. The molecule has 1 unspecified atom stereocenters. The normalized spacial score (nSPS) is 28.5. The van der Waals surface area contributed by atoms with Gasteiger partial charge in [-0.1, -0.05) is 37.6 Å². The standard InChI is InChI=1S/C14H19NO2/c1-10(2)9-15-12(16)8-14(13(15)17)6-4-11(3)5-7-14/h4-6,10H,7-9H2,1-3H3. The minimum absolute atomic E-state index is 0.0174. The quantitative estimate of drug-likeness (QED) is 0.686. The number of likely N-dealkylation sites (tertiary alicyclic amines) is 1. The van der Waals surface area contributed by atoms with E-state index >= 15 is 0 Å². The third kappa shape index (κ3) is 2.06. The smallest absolute Gasteiger partial charge is 0.240 e. The van der Waals surface area contributed by atoms with E-state index in [4.69, 9.17) is 0 Å². The molecule has 0 aromatic rings. The van der Waals surface area contributed by atoms with Gasteiger partial charge in [0.25, 0.3) is 0 Å². The Hall–Kier alpha value is -1.38. The van der Waals surface area contributed by atoms with Crippen molar-refractivity contribution >= 4 is 11.8 Å². The zero-order valence-electron chi connectivity index (χ0n) is 10.7. The molecule has 1 aliphatic heterocycles. The van der Waals surface area contributed by atoms with Gasteiger partial charge in [0.2, 0.25) is 11.8 Å². The molecule has 1 aliphatic carbocycles. The maximum absolute atomic E-state index is 12.4. The fraction of sp³-hybridized carbons (Fsp3) is 0.571. The van der Waals surface area contributed by atoms with Gasteiger partial charge in [0.05, 0.1) is 5.41 Å². The van der Waals surface area contributed by atoms with Crippen LogP contribution in [-0.4, -0.2) is 23.3 Å². The van der Waals surface area contributed by atoms with Crippen molar-refractivity contribution in [2.24, 2.45) is 11.3 Å². The number of carbonyl (C=O) groups excluding carboxylic acids is 2. The van der Waals surface area contributed by atoms with E-state index in [1.165, 1.54) is 4.90 Å². The van der Waals surface area contributed by atoms with Crippen molar-refractivity contribution in [3.8, 4) is 0 Å². The summed E-state index contributed by atoms with van der Waals surface area (Å²) in [7, 11) is 0. The van der Waals surface area contributed by atoms with Gasteiger partial charge in [-0.15, -0.1) is 0 Å². The second kappa shape index (κ2) is 4.13. The largest absolute Gasteiger partial charge is 0.282 e. The Morgan fingerprint density at radius 1 is 1.41 bits per heavy atom. The third-order valence-corrected chi connectivity index (χ3v) is 3.44. The van der Waals surface area contributed by atoms with Crippen LogP contribution >= 0.6 is 0 Å². The van der Waals surface area contributed by atoms with E-state index in [-0.39, 0.29) is 11.8 Å². The van der Waals surface area contributed by atoms with Crippen LogP contribution in [0.2, 0.25) is 0 Å². The van der Waals surface area contributed by atoms with E-state index < -0.39 is 5.41 Å². The summed E-state index contributed by atoms with van der Waals surface area (Å²) in [6, 6.07) is 0. The summed E-state index contributed by atoms with van der Waals surface area (Å²) in [5, 5.41) is 0. The fourth-order valence-electron chi connectivity index (χ4n) is 2.43. The van der Waals surface area contributed by atoms with E-state index in [2.05, 4.69) is 0 Å². The highest BCUT2D eigenvalue weighted by Gasteiger charge is 2.49. The topological polar surface area (TPSA) is 37.4 Å². The van der Waals surface area contributed by atoms with Crippen LogP contribution in [0, 0.1) is 11.3 Å². The van der Waals surface area contributed by atoms with E-state index in [1.54, 1.807) is 0 Å². The van der Waals surface area contributed by atoms with Crippen LogP contribution in [0.5, 0.6) is 0 Å². The van der Waals surface area contributed by atoms with Gasteiger partial charge in [0, 0.05) is 13.0 Å². The molecular formula is C14H19NO2. The Morgan fingerprint density at radius 3 is 2.65 bits per heavy atom. The molecule has 3 nitrogen and oxygen atoms in total. The van der Waals surface area contributed by atoms with Gasteiger partial charge >= 0.3 is 0 Å². The first kappa shape index (κ1) is 12.1. The van der Waals surface area contributed by atoms with Crippen LogP contribution in [-0.2, 0) is 9.59 Å². The van der Waals surface area contributed by atoms with Gasteiger partial charge in [0.15, 0.2) is 0 Å². The van der Waals surface area contributed by atoms with Crippen molar-refractivity contribution in [1.29, 1.82) is 0 Å². The number of amides is 2. The van der Waals surface area contributed by atoms with E-state index in [0.29, 0.717) is 25.3 Å². The molecule has 2 rings (SSSR count). The molecule has 1 atom stereocenters. The van der Waals surface area contributed by atoms with Crippen LogP contribution in [0.25, 0.3) is 0 Å². The Labute approximate surface area is 102 Å². The lowest BCUT2D eigenvalue weighted by molar-refractivity contribution is -0.141. The van der Waals surface area contributed by atoms with E-state index in [1.807, 2.05) is 39.0 Å². The molecular weight excluding hydrogens is 214 g/mol. The molecule has 1 heterocycles. The Morgan fingerprint density at radius 2 is 2.12 bits per heavy atom. The lowest BCUT2D eigenvalue weighted by atomic mass is 9.79. The second-order valence-corrected chi connectivity index (χ2v) is 5.52. The van der Waals surface area contributed by atoms with Crippen LogP contribution in [0.1, 0.15) is 33.6 Å². The number of carbonyl (C=O) groups is 2. The average Bonchev–Trinajstić information content (AvgIpc) is 2.48. The summed E-state index contributed by atoms with van der Waals surface area (Å²) >= 11 is 0. The Bertz CT molecular complexity index is 420. The van der Waals surface area contributed by atoms with Crippen molar-refractivity contribution in [2.45, 2.75) is 33.6 Å². The number of imide groups is 1. The highest BCUT2D eigenvalue weighted by atomic mass is 16.2. The summed E-state index contributed by atoms with van der Waals surface area (Å²) < 4.78 is 0. The maximum atomic E-state index is 12.4. The predicted molar refractivity (Wildman–Crippen MR) is 66.1 cm³/mol. The lowest BCUT2D eigenvalue weighted by Gasteiger charge is -2.25. The number of rotatable bonds is 2. The van der Waals surface area contributed by atoms with E-state index in [0.717, 1.165) is 5.57 Å². The molecule has 0 N–H and O–H groups in total. The molecule has 2 amide bonds. The fourth-order valence-corrected chi connectivity index (χ4v) is 2.43. The highest BCUT2D eigenvalue weighted by Crippen LogP contribution is 2.41. The van der Waals surface area contributed by atoms with Crippen molar-refractivity contribution in [1.82, 2.24) is 4.90 Å². The minimum Gasteiger partial charge on any atom is -0.282 e. The minimum atomic E-state index is -0.578. The van der Waals surface area contributed by atoms with Crippen molar-refractivity contribution in [3.05, 3.63) is 23.8 Å². The molecule has 1 spiro atoms. The molecule has 0 bridgehead atoms. The molecule has 0 aromatic heterocycles. The molecule has 0 radical (unpaired) electrons. The van der Waals surface area contributed by atoms with Gasteiger partial charge < -0.3 is 0 Å². The maximum Gasteiger partial charge on any atom is 0.240 e. The molecule has 3 heteroatoms. The number of nitrogens with zero attached hydrogens (tertiary/aromatic N) is 1. The molecule has 1 saturated heterocycles. The molecule has 1 fully saturated rings. The second-order valence-electron chi connectivity index (χ2n) is 5.52. The Kier molecular flexibility index (Phi) is 2.94. The number of allylic oxidation sites excluding steroid dienone is 3. The first-order valence-electron chi connectivity index (χ1n) is 6.15. The lowest BCUT2D eigenvalue weighted by Crippen LogP contribution is -2.37. The summed E-state index contributed by atoms with van der Waals surface area (Å²) in [5.41, 5.74) is 0.587. The SMILES string of the molecule is CC1=CCC2(C=C1)CC(=O)N(CC(C)C)C2=O. The van der Waals surface area contributed by atoms with Gasteiger partial charge in [-0.25, -0.2) is 0 Å². The number of hydrogen-bond acceptors (Lipinski definition) is 2. The molecule has 2 aliphatic rings. The summed E-state index contributed by atoms with van der Waals surface area (Å²) in [5.74, 6) is 0.278. The summed E-state index contributed by atoms with van der Waals surface area (Å²) in [6.07, 6.45) is 6.91.